The molecule has 6 heteroatoms. The lowest BCUT2D eigenvalue weighted by atomic mass is 10.2. The second-order valence-corrected chi connectivity index (χ2v) is 4.17. The largest absolute Gasteiger partial charge is 0.478 e. The number of nitrogens with zero attached hydrogens (tertiary/aromatic N) is 3. The van der Waals surface area contributed by atoms with E-state index in [4.69, 9.17) is 5.11 Å². The van der Waals surface area contributed by atoms with Crippen LogP contribution in [0.3, 0.4) is 0 Å². The van der Waals surface area contributed by atoms with Gasteiger partial charge in [-0.1, -0.05) is 0 Å². The van der Waals surface area contributed by atoms with Crippen molar-refractivity contribution in [2.75, 3.05) is 0 Å². The number of imidazole rings is 1. The minimum Gasteiger partial charge on any atom is -0.478 e. The number of carbonyl (C=O) groups is 1. The SMILES string of the molecule is Cc1cc(-c2nc3ncc(C(=O)O)cc3[nH]2)ccn1. The number of fused-ring (bicyclic) bond motifs is 1. The van der Waals surface area contributed by atoms with Crippen molar-refractivity contribution in [1.82, 2.24) is 19.9 Å². The van der Waals surface area contributed by atoms with E-state index in [-0.39, 0.29) is 5.56 Å². The van der Waals surface area contributed by atoms with Crippen molar-refractivity contribution in [2.24, 2.45) is 0 Å². The quantitative estimate of drug-likeness (QED) is 0.730. The van der Waals surface area contributed by atoms with Crippen LogP contribution in [0.15, 0.2) is 30.6 Å². The first-order valence-corrected chi connectivity index (χ1v) is 5.65. The average Bonchev–Trinajstić information content (AvgIpc) is 2.81. The number of aryl methyl sites for hydroxylation is 1. The molecule has 0 bridgehead atoms. The summed E-state index contributed by atoms with van der Waals surface area (Å²) in [7, 11) is 0. The van der Waals surface area contributed by atoms with E-state index in [2.05, 4.69) is 19.9 Å². The molecule has 0 spiro atoms. The zero-order valence-electron chi connectivity index (χ0n) is 10.1. The number of hydrogen-bond acceptors (Lipinski definition) is 4. The van der Waals surface area contributed by atoms with Crippen LogP contribution in [0.2, 0.25) is 0 Å². The van der Waals surface area contributed by atoms with Gasteiger partial charge in [0.25, 0.3) is 0 Å². The molecule has 19 heavy (non-hydrogen) atoms. The summed E-state index contributed by atoms with van der Waals surface area (Å²) < 4.78 is 0. The molecule has 3 heterocycles. The van der Waals surface area contributed by atoms with Crippen LogP contribution in [0.1, 0.15) is 16.1 Å². The Labute approximate surface area is 108 Å². The molecule has 3 rings (SSSR count). The van der Waals surface area contributed by atoms with Gasteiger partial charge in [-0.2, -0.15) is 0 Å². The van der Waals surface area contributed by atoms with Crippen molar-refractivity contribution in [3.8, 4) is 11.4 Å². The van der Waals surface area contributed by atoms with Crippen LogP contribution in [-0.2, 0) is 0 Å². The van der Waals surface area contributed by atoms with E-state index < -0.39 is 5.97 Å². The molecule has 6 nitrogen and oxygen atoms in total. The minimum atomic E-state index is -1.01. The van der Waals surface area contributed by atoms with Gasteiger partial charge in [-0.3, -0.25) is 4.98 Å². The highest BCUT2D eigenvalue weighted by Crippen LogP contribution is 2.20. The third kappa shape index (κ3) is 2.03. The lowest BCUT2D eigenvalue weighted by molar-refractivity contribution is 0.0696. The van der Waals surface area contributed by atoms with E-state index in [1.54, 1.807) is 6.20 Å². The number of rotatable bonds is 2. The number of nitrogens with one attached hydrogen (secondary N) is 1. The summed E-state index contributed by atoms with van der Waals surface area (Å²) >= 11 is 0. The van der Waals surface area contributed by atoms with Gasteiger partial charge in [-0.15, -0.1) is 0 Å². The Hall–Kier alpha value is -2.76. The normalized spacial score (nSPS) is 10.8. The summed E-state index contributed by atoms with van der Waals surface area (Å²) in [5.74, 6) is -0.360. The summed E-state index contributed by atoms with van der Waals surface area (Å²) in [6.07, 6.45) is 3.00. The summed E-state index contributed by atoms with van der Waals surface area (Å²) in [5.41, 5.74) is 3.01. The lowest BCUT2D eigenvalue weighted by Crippen LogP contribution is -1.96. The number of carboxylic acid groups (broad SMARTS) is 1. The molecule has 0 amide bonds. The minimum absolute atomic E-state index is 0.133. The molecule has 2 N–H and O–H groups in total. The molecule has 0 aliphatic heterocycles. The van der Waals surface area contributed by atoms with Crippen molar-refractivity contribution in [3.05, 3.63) is 41.9 Å². The predicted molar refractivity (Wildman–Crippen MR) is 68.8 cm³/mol. The third-order valence-corrected chi connectivity index (χ3v) is 2.75. The van der Waals surface area contributed by atoms with Gasteiger partial charge >= 0.3 is 5.97 Å². The molecule has 94 valence electrons. The summed E-state index contributed by atoms with van der Waals surface area (Å²) in [6.45, 7) is 1.90. The molecule has 0 saturated heterocycles. The Morgan fingerprint density at radius 1 is 1.32 bits per heavy atom. The van der Waals surface area contributed by atoms with Crippen molar-refractivity contribution in [1.29, 1.82) is 0 Å². The number of pyridine rings is 2. The van der Waals surface area contributed by atoms with Crippen molar-refractivity contribution < 1.29 is 9.90 Å². The van der Waals surface area contributed by atoms with Crippen molar-refractivity contribution in [3.63, 3.8) is 0 Å². The van der Waals surface area contributed by atoms with Gasteiger partial charge in [-0.05, 0) is 25.1 Å². The predicted octanol–water partition coefficient (Wildman–Crippen LogP) is 2.03. The number of H-pyrrole nitrogens is 1. The Morgan fingerprint density at radius 3 is 2.89 bits per heavy atom. The fraction of sp³-hybridized carbons (Fsp3) is 0.0769. The van der Waals surface area contributed by atoms with Crippen LogP contribution < -0.4 is 0 Å². The molecule has 3 aromatic heterocycles. The van der Waals surface area contributed by atoms with Gasteiger partial charge in [-0.25, -0.2) is 14.8 Å². The van der Waals surface area contributed by atoms with Crippen molar-refractivity contribution in [2.45, 2.75) is 6.92 Å². The maximum absolute atomic E-state index is 10.9. The first-order valence-electron chi connectivity index (χ1n) is 5.65. The summed E-state index contributed by atoms with van der Waals surface area (Å²) in [6, 6.07) is 5.26. The zero-order chi connectivity index (χ0) is 13.4. The Kier molecular flexibility index (Phi) is 2.49. The monoisotopic (exact) mass is 254 g/mol. The second kappa shape index (κ2) is 4.16. The van der Waals surface area contributed by atoms with Crippen LogP contribution in [0.5, 0.6) is 0 Å². The van der Waals surface area contributed by atoms with E-state index in [1.807, 2.05) is 19.1 Å². The molecule has 0 aliphatic rings. The van der Waals surface area contributed by atoms with Gasteiger partial charge in [0.05, 0.1) is 11.1 Å². The van der Waals surface area contributed by atoms with E-state index in [9.17, 15) is 4.79 Å². The number of carboxylic acids is 1. The molecule has 0 aliphatic carbocycles. The van der Waals surface area contributed by atoms with Gasteiger partial charge in [0.15, 0.2) is 5.65 Å². The first-order chi connectivity index (χ1) is 9.13. The van der Waals surface area contributed by atoms with E-state index in [0.717, 1.165) is 11.3 Å². The zero-order valence-corrected chi connectivity index (χ0v) is 10.1. The fourth-order valence-corrected chi connectivity index (χ4v) is 1.85. The summed E-state index contributed by atoms with van der Waals surface area (Å²) in [4.78, 5) is 26.4. The summed E-state index contributed by atoms with van der Waals surface area (Å²) in [5, 5.41) is 8.92. The molecule has 0 aromatic carbocycles. The third-order valence-electron chi connectivity index (χ3n) is 2.75. The number of aromatic amines is 1. The second-order valence-electron chi connectivity index (χ2n) is 4.17. The van der Waals surface area contributed by atoms with E-state index in [0.29, 0.717) is 17.0 Å². The molecule has 0 radical (unpaired) electrons. The van der Waals surface area contributed by atoms with Gasteiger partial charge in [0, 0.05) is 23.7 Å². The van der Waals surface area contributed by atoms with Gasteiger partial charge < -0.3 is 10.1 Å². The molecular formula is C13H10N4O2. The topological polar surface area (TPSA) is 91.8 Å². The molecule has 3 aromatic rings. The first kappa shape index (κ1) is 11.3. The van der Waals surface area contributed by atoms with E-state index in [1.165, 1.54) is 12.3 Å². The molecule has 0 saturated carbocycles. The number of aromatic carboxylic acids is 1. The molecular weight excluding hydrogens is 244 g/mol. The number of hydrogen-bond donors (Lipinski definition) is 2. The highest BCUT2D eigenvalue weighted by molar-refractivity contribution is 5.91. The van der Waals surface area contributed by atoms with Crippen LogP contribution in [-0.4, -0.2) is 31.0 Å². The molecule has 0 atom stereocenters. The van der Waals surface area contributed by atoms with Crippen LogP contribution in [0.4, 0.5) is 0 Å². The van der Waals surface area contributed by atoms with Crippen molar-refractivity contribution >= 4 is 17.1 Å². The maximum Gasteiger partial charge on any atom is 0.337 e. The van der Waals surface area contributed by atoms with Crippen LogP contribution >= 0.6 is 0 Å². The molecule has 0 fully saturated rings. The van der Waals surface area contributed by atoms with Crippen LogP contribution in [0, 0.1) is 6.92 Å². The highest BCUT2D eigenvalue weighted by Gasteiger charge is 2.10. The number of aromatic nitrogens is 4. The lowest BCUT2D eigenvalue weighted by Gasteiger charge is -1.96. The van der Waals surface area contributed by atoms with E-state index >= 15 is 0 Å². The van der Waals surface area contributed by atoms with Crippen LogP contribution in [0.25, 0.3) is 22.6 Å². The fourth-order valence-electron chi connectivity index (χ4n) is 1.85. The highest BCUT2D eigenvalue weighted by atomic mass is 16.4. The Bertz CT molecular complexity index is 779. The Morgan fingerprint density at radius 2 is 2.16 bits per heavy atom. The Balaban J connectivity index is 2.14. The molecule has 0 unspecified atom stereocenters. The smallest absolute Gasteiger partial charge is 0.337 e. The van der Waals surface area contributed by atoms with Gasteiger partial charge in [0.1, 0.15) is 5.82 Å². The maximum atomic E-state index is 10.9. The van der Waals surface area contributed by atoms with Gasteiger partial charge in [0.2, 0.25) is 0 Å². The average molecular weight is 254 g/mol. The standard InChI is InChI=1S/C13H10N4O2/c1-7-4-8(2-3-14-7)11-16-10-5-9(13(18)19)6-15-12(10)17-11/h2-6H,1H3,(H,18,19)(H,15,16,17).